The molecule has 0 unspecified atom stereocenters. The van der Waals surface area contributed by atoms with Crippen LogP contribution in [-0.4, -0.2) is 32.2 Å². The van der Waals surface area contributed by atoms with Crippen molar-refractivity contribution in [2.24, 2.45) is 0 Å². The van der Waals surface area contributed by atoms with Gasteiger partial charge in [-0.05, 0) is 13.8 Å². The molecular weight excluding hydrogens is 232 g/mol. The number of rotatable bonds is 3. The van der Waals surface area contributed by atoms with Crippen LogP contribution in [0.25, 0.3) is 11.5 Å². The first-order valence-corrected chi connectivity index (χ1v) is 5.50. The maximum atomic E-state index is 9.52. The second-order valence-corrected chi connectivity index (χ2v) is 3.86. The van der Waals surface area contributed by atoms with Crippen LogP contribution in [0.4, 0.5) is 0 Å². The van der Waals surface area contributed by atoms with E-state index in [-0.39, 0.29) is 0 Å². The van der Waals surface area contributed by atoms with Crippen molar-refractivity contribution in [1.82, 2.24) is 19.9 Å². The number of aromatic nitrogens is 4. The van der Waals surface area contributed by atoms with Crippen LogP contribution in [0.5, 0.6) is 5.88 Å². The Morgan fingerprint density at radius 3 is 2.67 bits per heavy atom. The normalized spacial score (nSPS) is 12.2. The Balaban J connectivity index is 2.42. The molecule has 2 aromatic heterocycles. The minimum Gasteiger partial charge on any atom is -0.481 e. The first-order chi connectivity index (χ1) is 8.61. The minimum atomic E-state index is -0.584. The summed E-state index contributed by atoms with van der Waals surface area (Å²) in [5.41, 5.74) is 2.02. The lowest BCUT2D eigenvalue weighted by atomic mass is 10.1. The van der Waals surface area contributed by atoms with E-state index in [2.05, 4.69) is 19.9 Å². The van der Waals surface area contributed by atoms with Crippen LogP contribution in [0.1, 0.15) is 24.3 Å². The van der Waals surface area contributed by atoms with Crippen molar-refractivity contribution in [3.05, 3.63) is 29.8 Å². The summed E-state index contributed by atoms with van der Waals surface area (Å²) in [5, 5.41) is 9.52. The number of aliphatic hydroxyl groups is 1. The third kappa shape index (κ3) is 2.43. The molecule has 0 radical (unpaired) electrons. The van der Waals surface area contributed by atoms with Gasteiger partial charge in [0.05, 0.1) is 13.2 Å². The maximum absolute atomic E-state index is 9.52. The Kier molecular flexibility index (Phi) is 3.47. The van der Waals surface area contributed by atoms with Crippen LogP contribution < -0.4 is 4.74 Å². The first kappa shape index (κ1) is 12.4. The van der Waals surface area contributed by atoms with Crippen LogP contribution >= 0.6 is 0 Å². The van der Waals surface area contributed by atoms with Gasteiger partial charge >= 0.3 is 0 Å². The smallest absolute Gasteiger partial charge is 0.216 e. The Labute approximate surface area is 105 Å². The summed E-state index contributed by atoms with van der Waals surface area (Å²) in [4.78, 5) is 16.5. The predicted molar refractivity (Wildman–Crippen MR) is 65.0 cm³/mol. The molecule has 0 aliphatic carbocycles. The standard InChI is InChI=1S/C12H14N4O2/c1-7-9(8(2)17)5-13-12(16-7)10-4-11(18-3)15-6-14-10/h4-6,8,17H,1-3H3/t8-/m0/s1. The van der Waals surface area contributed by atoms with Crippen molar-refractivity contribution < 1.29 is 9.84 Å². The average Bonchev–Trinajstić information content (AvgIpc) is 2.38. The van der Waals surface area contributed by atoms with Gasteiger partial charge in [0, 0.05) is 23.5 Å². The van der Waals surface area contributed by atoms with Gasteiger partial charge in [0.2, 0.25) is 5.88 Å². The first-order valence-electron chi connectivity index (χ1n) is 5.50. The highest BCUT2D eigenvalue weighted by Crippen LogP contribution is 2.19. The summed E-state index contributed by atoms with van der Waals surface area (Å²) >= 11 is 0. The van der Waals surface area contributed by atoms with E-state index in [0.717, 1.165) is 5.69 Å². The van der Waals surface area contributed by atoms with Crippen LogP contribution in [0.3, 0.4) is 0 Å². The van der Waals surface area contributed by atoms with Crippen molar-refractivity contribution in [2.45, 2.75) is 20.0 Å². The number of methoxy groups -OCH3 is 1. The molecule has 0 amide bonds. The van der Waals surface area contributed by atoms with E-state index < -0.39 is 6.10 Å². The molecule has 0 aliphatic heterocycles. The number of ether oxygens (including phenoxy) is 1. The molecule has 2 rings (SSSR count). The zero-order valence-corrected chi connectivity index (χ0v) is 10.5. The summed E-state index contributed by atoms with van der Waals surface area (Å²) in [6.07, 6.45) is 2.42. The number of hydrogen-bond donors (Lipinski definition) is 1. The summed E-state index contributed by atoms with van der Waals surface area (Å²) in [6, 6.07) is 1.66. The fourth-order valence-corrected chi connectivity index (χ4v) is 1.58. The van der Waals surface area contributed by atoms with Crippen molar-refractivity contribution in [1.29, 1.82) is 0 Å². The van der Waals surface area contributed by atoms with Gasteiger partial charge in [0.25, 0.3) is 0 Å². The average molecular weight is 246 g/mol. The van der Waals surface area contributed by atoms with Gasteiger partial charge in [0.15, 0.2) is 5.82 Å². The molecule has 18 heavy (non-hydrogen) atoms. The van der Waals surface area contributed by atoms with Crippen LogP contribution in [0.2, 0.25) is 0 Å². The quantitative estimate of drug-likeness (QED) is 0.879. The number of aliphatic hydroxyl groups excluding tert-OH is 1. The highest BCUT2D eigenvalue weighted by atomic mass is 16.5. The summed E-state index contributed by atoms with van der Waals surface area (Å²) in [5.74, 6) is 0.943. The summed E-state index contributed by atoms with van der Waals surface area (Å²) in [6.45, 7) is 3.50. The maximum Gasteiger partial charge on any atom is 0.216 e. The molecular formula is C12H14N4O2. The molecule has 1 atom stereocenters. The molecule has 0 saturated carbocycles. The topological polar surface area (TPSA) is 81.0 Å². The Morgan fingerprint density at radius 1 is 1.28 bits per heavy atom. The Morgan fingerprint density at radius 2 is 2.06 bits per heavy atom. The van der Waals surface area contributed by atoms with Crippen molar-refractivity contribution in [3.8, 4) is 17.4 Å². The van der Waals surface area contributed by atoms with E-state index in [1.54, 1.807) is 19.2 Å². The van der Waals surface area contributed by atoms with Gasteiger partial charge < -0.3 is 9.84 Å². The van der Waals surface area contributed by atoms with Crippen LogP contribution in [-0.2, 0) is 0 Å². The van der Waals surface area contributed by atoms with E-state index >= 15 is 0 Å². The van der Waals surface area contributed by atoms with E-state index in [1.165, 1.54) is 13.4 Å². The highest BCUT2D eigenvalue weighted by Gasteiger charge is 2.10. The van der Waals surface area contributed by atoms with E-state index in [9.17, 15) is 5.11 Å². The molecule has 94 valence electrons. The van der Waals surface area contributed by atoms with Gasteiger partial charge in [-0.2, -0.15) is 0 Å². The second kappa shape index (κ2) is 5.05. The molecule has 0 spiro atoms. The van der Waals surface area contributed by atoms with Gasteiger partial charge in [0.1, 0.15) is 12.0 Å². The fourth-order valence-electron chi connectivity index (χ4n) is 1.58. The molecule has 2 heterocycles. The van der Waals surface area contributed by atoms with E-state index in [4.69, 9.17) is 4.74 Å². The lowest BCUT2D eigenvalue weighted by Gasteiger charge is -2.08. The predicted octanol–water partition coefficient (Wildman–Crippen LogP) is 1.30. The Bertz CT molecular complexity index is 558. The molecule has 0 aliphatic rings. The number of hydrogen-bond acceptors (Lipinski definition) is 6. The number of nitrogens with zero attached hydrogens (tertiary/aromatic N) is 4. The molecule has 0 fully saturated rings. The monoisotopic (exact) mass is 246 g/mol. The third-order valence-electron chi connectivity index (χ3n) is 2.55. The second-order valence-electron chi connectivity index (χ2n) is 3.86. The summed E-state index contributed by atoms with van der Waals surface area (Å²) in [7, 11) is 1.54. The molecule has 1 N–H and O–H groups in total. The van der Waals surface area contributed by atoms with E-state index in [0.29, 0.717) is 23.0 Å². The fraction of sp³-hybridized carbons (Fsp3) is 0.333. The van der Waals surface area contributed by atoms with Gasteiger partial charge in [-0.1, -0.05) is 0 Å². The molecule has 0 bridgehead atoms. The Hall–Kier alpha value is -2.08. The highest BCUT2D eigenvalue weighted by molar-refractivity contribution is 5.50. The number of aryl methyl sites for hydroxylation is 1. The van der Waals surface area contributed by atoms with Crippen LogP contribution in [0.15, 0.2) is 18.6 Å². The molecule has 6 nitrogen and oxygen atoms in total. The zero-order chi connectivity index (χ0) is 13.1. The minimum absolute atomic E-state index is 0.459. The lowest BCUT2D eigenvalue weighted by Crippen LogP contribution is -2.02. The summed E-state index contributed by atoms with van der Waals surface area (Å²) < 4.78 is 5.02. The lowest BCUT2D eigenvalue weighted by molar-refractivity contribution is 0.197. The molecule has 0 saturated heterocycles. The SMILES string of the molecule is COc1cc(-c2ncc([C@H](C)O)c(C)n2)ncn1. The molecule has 0 aromatic carbocycles. The van der Waals surface area contributed by atoms with Crippen molar-refractivity contribution in [3.63, 3.8) is 0 Å². The molecule has 2 aromatic rings. The van der Waals surface area contributed by atoms with Gasteiger partial charge in [-0.15, -0.1) is 0 Å². The third-order valence-corrected chi connectivity index (χ3v) is 2.55. The van der Waals surface area contributed by atoms with Gasteiger partial charge in [-0.25, -0.2) is 19.9 Å². The van der Waals surface area contributed by atoms with Crippen LogP contribution in [0, 0.1) is 6.92 Å². The van der Waals surface area contributed by atoms with Crippen molar-refractivity contribution in [2.75, 3.05) is 7.11 Å². The van der Waals surface area contributed by atoms with E-state index in [1.807, 2.05) is 6.92 Å². The van der Waals surface area contributed by atoms with Gasteiger partial charge in [-0.3, -0.25) is 0 Å². The van der Waals surface area contributed by atoms with Crippen molar-refractivity contribution >= 4 is 0 Å². The largest absolute Gasteiger partial charge is 0.481 e. The zero-order valence-electron chi connectivity index (χ0n) is 10.5. The molecule has 6 heteroatoms.